The third kappa shape index (κ3) is 4.92. The zero-order valence-electron chi connectivity index (χ0n) is 11.6. The smallest absolute Gasteiger partial charge is 0.335 e. The van der Waals surface area contributed by atoms with E-state index in [9.17, 15) is 4.79 Å². The summed E-state index contributed by atoms with van der Waals surface area (Å²) in [6.07, 6.45) is 7.15. The molecule has 22 heavy (non-hydrogen) atoms. The molecule has 110 valence electrons. The molecule has 0 aliphatic heterocycles. The summed E-state index contributed by atoms with van der Waals surface area (Å²) in [4.78, 5) is 18.2. The van der Waals surface area contributed by atoms with E-state index < -0.39 is 5.97 Å². The Bertz CT molecular complexity index is 679. The van der Waals surface area contributed by atoms with E-state index in [1.54, 1.807) is 49.1 Å². The van der Waals surface area contributed by atoms with Gasteiger partial charge in [0.05, 0.1) is 5.56 Å². The van der Waals surface area contributed by atoms with Gasteiger partial charge in [-0.15, -0.1) is 0 Å². The van der Waals surface area contributed by atoms with E-state index in [1.807, 2.05) is 24.3 Å². The predicted octanol–water partition coefficient (Wildman–Crippen LogP) is 4.13. The molecule has 0 saturated heterocycles. The fourth-order valence-electron chi connectivity index (χ4n) is 1.68. The fourth-order valence-corrected chi connectivity index (χ4v) is 2.04. The molecule has 0 aliphatic rings. The molecule has 0 saturated carbocycles. The number of carboxylic acid groups (broad SMARTS) is 1. The van der Waals surface area contributed by atoms with Crippen molar-refractivity contribution in [2.24, 2.45) is 0 Å². The van der Waals surface area contributed by atoms with Crippen molar-refractivity contribution < 1.29 is 9.90 Å². The number of carboxylic acids is 1. The Hall–Kier alpha value is -2.28. The average molecular weight is 404 g/mol. The number of hydrogen-bond donors (Lipinski definition) is 1. The Kier molecular flexibility index (Phi) is 6.02. The molecule has 2 aromatic heterocycles. The van der Waals surface area contributed by atoms with Crippen molar-refractivity contribution in [1.82, 2.24) is 9.97 Å². The molecule has 2 heterocycles. The molecule has 1 N–H and O–H groups in total. The van der Waals surface area contributed by atoms with Gasteiger partial charge < -0.3 is 5.11 Å². The van der Waals surface area contributed by atoms with Gasteiger partial charge in [0.1, 0.15) is 0 Å². The number of carbonyl (C=O) groups is 1. The van der Waals surface area contributed by atoms with E-state index in [0.29, 0.717) is 5.56 Å². The van der Waals surface area contributed by atoms with Crippen LogP contribution in [-0.4, -0.2) is 21.0 Å². The van der Waals surface area contributed by atoms with Crippen LogP contribution in [0.4, 0.5) is 0 Å². The molecule has 5 heteroatoms. The van der Waals surface area contributed by atoms with Crippen LogP contribution in [0.3, 0.4) is 0 Å². The first-order chi connectivity index (χ1) is 10.7. The Morgan fingerprint density at radius 3 is 1.55 bits per heavy atom. The first-order valence-electron chi connectivity index (χ1n) is 6.46. The lowest BCUT2D eigenvalue weighted by Gasteiger charge is -1.97. The van der Waals surface area contributed by atoms with Gasteiger partial charge in [-0.25, -0.2) is 4.79 Å². The molecular formula is C17H13IN2O2. The second kappa shape index (κ2) is 8.23. The summed E-state index contributed by atoms with van der Waals surface area (Å²) in [6.45, 7) is 0. The maximum atomic E-state index is 10.3. The lowest BCUT2D eigenvalue weighted by atomic mass is 10.1. The largest absolute Gasteiger partial charge is 0.478 e. The van der Waals surface area contributed by atoms with Gasteiger partial charge in [0, 0.05) is 28.4 Å². The molecule has 3 aromatic rings. The number of aromatic nitrogens is 2. The maximum Gasteiger partial charge on any atom is 0.335 e. The van der Waals surface area contributed by atoms with Crippen LogP contribution >= 0.6 is 22.6 Å². The number of hydrogen-bond acceptors (Lipinski definition) is 3. The Labute approximate surface area is 142 Å². The molecule has 0 spiro atoms. The van der Waals surface area contributed by atoms with Crippen LogP contribution < -0.4 is 0 Å². The molecule has 0 unspecified atom stereocenters. The Balaban J connectivity index is 0.000000164. The summed E-state index contributed by atoms with van der Waals surface area (Å²) in [5, 5.41) is 8.47. The summed E-state index contributed by atoms with van der Waals surface area (Å²) < 4.78 is 1.04. The van der Waals surface area contributed by atoms with Gasteiger partial charge in [0.25, 0.3) is 0 Å². The van der Waals surface area contributed by atoms with Crippen molar-refractivity contribution in [3.8, 4) is 11.1 Å². The maximum absolute atomic E-state index is 10.3. The van der Waals surface area contributed by atoms with Crippen LogP contribution in [0.1, 0.15) is 10.4 Å². The number of pyridine rings is 2. The molecule has 3 rings (SSSR count). The minimum Gasteiger partial charge on any atom is -0.478 e. The summed E-state index contributed by atoms with van der Waals surface area (Å²) in [7, 11) is 0. The highest BCUT2D eigenvalue weighted by Crippen LogP contribution is 2.15. The first kappa shape index (κ1) is 16.1. The summed E-state index contributed by atoms with van der Waals surface area (Å²) in [6, 6.07) is 14.6. The van der Waals surface area contributed by atoms with Crippen LogP contribution in [-0.2, 0) is 0 Å². The van der Waals surface area contributed by atoms with Crippen molar-refractivity contribution in [3.63, 3.8) is 0 Å². The highest BCUT2D eigenvalue weighted by molar-refractivity contribution is 14.1. The van der Waals surface area contributed by atoms with Crippen molar-refractivity contribution in [3.05, 3.63) is 82.5 Å². The van der Waals surface area contributed by atoms with Crippen LogP contribution in [0.15, 0.2) is 73.3 Å². The highest BCUT2D eigenvalue weighted by atomic mass is 127. The third-order valence-corrected chi connectivity index (χ3v) is 3.50. The predicted molar refractivity (Wildman–Crippen MR) is 93.6 cm³/mol. The van der Waals surface area contributed by atoms with Crippen molar-refractivity contribution >= 4 is 28.6 Å². The molecule has 0 aliphatic carbocycles. The first-order valence-corrected chi connectivity index (χ1v) is 7.54. The summed E-state index contributed by atoms with van der Waals surface area (Å²) >= 11 is 2.13. The molecule has 0 fully saturated rings. The molecular weight excluding hydrogens is 391 g/mol. The number of benzene rings is 1. The van der Waals surface area contributed by atoms with Crippen LogP contribution in [0, 0.1) is 3.57 Å². The van der Waals surface area contributed by atoms with Crippen LogP contribution in [0.25, 0.3) is 11.1 Å². The topological polar surface area (TPSA) is 63.1 Å². The van der Waals surface area contributed by atoms with Gasteiger partial charge in [0.15, 0.2) is 0 Å². The fraction of sp³-hybridized carbons (Fsp3) is 0. The van der Waals surface area contributed by atoms with E-state index in [2.05, 4.69) is 32.6 Å². The minimum atomic E-state index is -0.878. The number of aromatic carboxylic acids is 1. The summed E-state index contributed by atoms with van der Waals surface area (Å²) in [5.41, 5.74) is 2.68. The zero-order chi connectivity index (χ0) is 15.8. The normalized spacial score (nSPS) is 9.50. The van der Waals surface area contributed by atoms with E-state index in [-0.39, 0.29) is 0 Å². The van der Waals surface area contributed by atoms with Gasteiger partial charge in [0.2, 0.25) is 0 Å². The quantitative estimate of drug-likeness (QED) is 0.653. The second-order valence-corrected chi connectivity index (χ2v) is 5.53. The molecule has 0 bridgehead atoms. The van der Waals surface area contributed by atoms with E-state index in [1.165, 1.54) is 11.1 Å². The molecule has 0 atom stereocenters. The van der Waals surface area contributed by atoms with Gasteiger partial charge >= 0.3 is 5.97 Å². The lowest BCUT2D eigenvalue weighted by Crippen LogP contribution is -1.94. The highest BCUT2D eigenvalue weighted by Gasteiger charge is 1.99. The average Bonchev–Trinajstić information content (AvgIpc) is 2.57. The van der Waals surface area contributed by atoms with Crippen molar-refractivity contribution in [2.75, 3.05) is 0 Å². The zero-order valence-corrected chi connectivity index (χ0v) is 13.7. The number of nitrogens with zero attached hydrogens (tertiary/aromatic N) is 2. The second-order valence-electron chi connectivity index (χ2n) is 4.28. The minimum absolute atomic E-state index is 0.334. The van der Waals surface area contributed by atoms with E-state index >= 15 is 0 Å². The van der Waals surface area contributed by atoms with E-state index in [4.69, 9.17) is 5.11 Å². The Morgan fingerprint density at radius 1 is 0.773 bits per heavy atom. The third-order valence-electron chi connectivity index (χ3n) is 2.79. The van der Waals surface area contributed by atoms with Crippen molar-refractivity contribution in [2.45, 2.75) is 0 Å². The Morgan fingerprint density at radius 2 is 1.18 bits per heavy atom. The summed E-state index contributed by atoms with van der Waals surface area (Å²) in [5.74, 6) is -0.878. The van der Waals surface area contributed by atoms with Gasteiger partial charge in [-0.05, 0) is 82.2 Å². The van der Waals surface area contributed by atoms with Crippen molar-refractivity contribution in [1.29, 1.82) is 0 Å². The monoisotopic (exact) mass is 404 g/mol. The molecule has 4 nitrogen and oxygen atoms in total. The number of halogens is 1. The van der Waals surface area contributed by atoms with Gasteiger partial charge in [-0.1, -0.05) is 0 Å². The molecule has 0 radical (unpaired) electrons. The van der Waals surface area contributed by atoms with E-state index in [0.717, 1.165) is 3.57 Å². The van der Waals surface area contributed by atoms with Gasteiger partial charge in [-0.2, -0.15) is 0 Å². The number of rotatable bonds is 2. The van der Waals surface area contributed by atoms with Crippen LogP contribution in [0.5, 0.6) is 0 Å². The van der Waals surface area contributed by atoms with Gasteiger partial charge in [-0.3, -0.25) is 9.97 Å². The molecule has 1 aromatic carbocycles. The lowest BCUT2D eigenvalue weighted by molar-refractivity contribution is 0.0697. The SMILES string of the molecule is O=C(O)c1ccc(I)cc1.c1cc(-c2ccncc2)ccn1. The molecule has 0 amide bonds. The van der Waals surface area contributed by atoms with Crippen LogP contribution in [0.2, 0.25) is 0 Å². The standard InChI is InChI=1S/C10H8N2.C7H5IO2/c1-5-11-6-2-9(1)10-3-7-12-8-4-10;8-6-3-1-5(2-4-6)7(9)10/h1-8H;1-4H,(H,9,10).